The lowest BCUT2D eigenvalue weighted by Crippen LogP contribution is -2.50. The summed E-state index contributed by atoms with van der Waals surface area (Å²) in [7, 11) is 1.50. The molecule has 0 fully saturated rings. The number of nitrogens with one attached hydrogen (secondary N) is 4. The van der Waals surface area contributed by atoms with Gasteiger partial charge in [-0.2, -0.15) is 0 Å². The fraction of sp³-hybridized carbons (Fsp3) is 0.211. The van der Waals surface area contributed by atoms with Crippen molar-refractivity contribution >= 4 is 23.3 Å². The van der Waals surface area contributed by atoms with Crippen LogP contribution < -0.4 is 26.6 Å². The third kappa shape index (κ3) is 2.85. The molecule has 0 saturated carbocycles. The number of ketones is 2. The first-order valence-corrected chi connectivity index (χ1v) is 8.69. The number of fused-ring (bicyclic) bond motifs is 1. The molecule has 1 aromatic carbocycles. The van der Waals surface area contributed by atoms with Crippen LogP contribution in [0.15, 0.2) is 45.2 Å². The molecule has 2 aliphatic rings. The standard InChI is InChI=1S/C19H16N4O6/c1-7(24)10-14(25)12-11(8-3-5-9(29-2)6-4-8)13-16(20-15(12)21-17(10)26)22-19(28)23-18(13)27/h3-6,10-11H,1-2H3,(H,21,26)(H3,20,22,23,27,28). The van der Waals surface area contributed by atoms with Crippen molar-refractivity contribution in [3.63, 3.8) is 0 Å². The molecular formula is C19H16N4O6. The molecule has 0 radical (unpaired) electrons. The number of amides is 1. The zero-order chi connectivity index (χ0) is 20.9. The van der Waals surface area contributed by atoms with E-state index in [2.05, 4.69) is 20.6 Å². The first-order chi connectivity index (χ1) is 13.8. The molecule has 10 nitrogen and oxygen atoms in total. The quantitative estimate of drug-likeness (QED) is 0.522. The summed E-state index contributed by atoms with van der Waals surface area (Å²) in [5.74, 6) is -3.81. The van der Waals surface area contributed by atoms with Crippen LogP contribution in [0, 0.1) is 5.92 Å². The number of ether oxygens (including phenoxy) is 1. The van der Waals surface area contributed by atoms with Gasteiger partial charge < -0.3 is 15.4 Å². The SMILES string of the molecule is COc1ccc(C2C3=C(NC(=O)C(C(C)=O)C3=O)Nc3[nH]c(=O)[nH]c(=O)c32)cc1. The number of rotatable bonds is 3. The Bertz CT molecular complexity index is 1200. The lowest BCUT2D eigenvalue weighted by molar-refractivity contribution is -0.139. The molecule has 2 unspecified atom stereocenters. The summed E-state index contributed by atoms with van der Waals surface area (Å²) in [4.78, 5) is 66.3. The summed E-state index contributed by atoms with van der Waals surface area (Å²) in [6.07, 6.45) is 0. The average molecular weight is 396 g/mol. The van der Waals surface area contributed by atoms with Gasteiger partial charge in [0.2, 0.25) is 5.91 Å². The molecular weight excluding hydrogens is 380 g/mol. The number of hydrogen-bond acceptors (Lipinski definition) is 7. The monoisotopic (exact) mass is 396 g/mol. The van der Waals surface area contributed by atoms with Crippen LogP contribution in [0.5, 0.6) is 5.75 Å². The van der Waals surface area contributed by atoms with Crippen LogP contribution in [0.3, 0.4) is 0 Å². The van der Waals surface area contributed by atoms with Gasteiger partial charge >= 0.3 is 5.69 Å². The van der Waals surface area contributed by atoms with E-state index in [1.807, 2.05) is 0 Å². The molecule has 29 heavy (non-hydrogen) atoms. The number of methoxy groups -OCH3 is 1. The Morgan fingerprint density at radius 2 is 1.69 bits per heavy atom. The number of benzene rings is 1. The Balaban J connectivity index is 1.98. The third-order valence-corrected chi connectivity index (χ3v) is 4.97. The van der Waals surface area contributed by atoms with Crippen molar-refractivity contribution in [2.75, 3.05) is 12.4 Å². The van der Waals surface area contributed by atoms with Crippen molar-refractivity contribution in [3.05, 3.63) is 67.6 Å². The van der Waals surface area contributed by atoms with Gasteiger partial charge in [-0.25, -0.2) is 4.79 Å². The first kappa shape index (κ1) is 18.4. The van der Waals surface area contributed by atoms with E-state index in [0.717, 1.165) is 6.92 Å². The van der Waals surface area contributed by atoms with E-state index < -0.39 is 40.6 Å². The predicted molar refractivity (Wildman–Crippen MR) is 100 cm³/mol. The molecule has 0 bridgehead atoms. The third-order valence-electron chi connectivity index (χ3n) is 4.97. The van der Waals surface area contributed by atoms with E-state index in [1.54, 1.807) is 24.3 Å². The van der Waals surface area contributed by atoms with E-state index in [4.69, 9.17) is 4.74 Å². The van der Waals surface area contributed by atoms with Gasteiger partial charge in [0, 0.05) is 5.57 Å². The second-order valence-corrected chi connectivity index (χ2v) is 6.71. The molecule has 2 atom stereocenters. The maximum absolute atomic E-state index is 13.1. The molecule has 0 aliphatic carbocycles. The maximum atomic E-state index is 13.1. The maximum Gasteiger partial charge on any atom is 0.327 e. The summed E-state index contributed by atoms with van der Waals surface area (Å²) in [5, 5.41) is 5.25. The van der Waals surface area contributed by atoms with Gasteiger partial charge in [0.15, 0.2) is 11.7 Å². The summed E-state index contributed by atoms with van der Waals surface area (Å²) in [5.41, 5.74) is -0.715. The van der Waals surface area contributed by atoms with Crippen molar-refractivity contribution in [2.45, 2.75) is 12.8 Å². The van der Waals surface area contributed by atoms with Crippen LogP contribution in [-0.2, 0) is 14.4 Å². The Labute approximate surface area is 163 Å². The largest absolute Gasteiger partial charge is 0.497 e. The minimum atomic E-state index is -1.50. The molecule has 1 aromatic heterocycles. The number of carbonyl (C=O) groups is 3. The molecule has 2 aliphatic heterocycles. The minimum absolute atomic E-state index is 0.0343. The zero-order valence-electron chi connectivity index (χ0n) is 15.4. The van der Waals surface area contributed by atoms with Crippen molar-refractivity contribution in [1.82, 2.24) is 15.3 Å². The second-order valence-electron chi connectivity index (χ2n) is 6.71. The smallest absolute Gasteiger partial charge is 0.327 e. The van der Waals surface area contributed by atoms with Crippen LogP contribution in [0.2, 0.25) is 0 Å². The number of H-pyrrole nitrogens is 2. The molecule has 10 heteroatoms. The first-order valence-electron chi connectivity index (χ1n) is 8.69. The van der Waals surface area contributed by atoms with Gasteiger partial charge in [-0.15, -0.1) is 0 Å². The normalized spacial score (nSPS) is 20.3. The molecule has 4 N–H and O–H groups in total. The van der Waals surface area contributed by atoms with E-state index in [1.165, 1.54) is 7.11 Å². The lowest BCUT2D eigenvalue weighted by atomic mass is 9.76. The highest BCUT2D eigenvalue weighted by Crippen LogP contribution is 2.41. The van der Waals surface area contributed by atoms with Gasteiger partial charge in [0.1, 0.15) is 23.2 Å². The number of hydrogen-bond donors (Lipinski definition) is 4. The fourth-order valence-corrected chi connectivity index (χ4v) is 3.68. The average Bonchev–Trinajstić information content (AvgIpc) is 2.66. The zero-order valence-corrected chi connectivity index (χ0v) is 15.4. The number of carbonyl (C=O) groups excluding carboxylic acids is 3. The summed E-state index contributed by atoms with van der Waals surface area (Å²) >= 11 is 0. The molecule has 1 amide bonds. The predicted octanol–water partition coefficient (Wildman–Crippen LogP) is -0.255. The minimum Gasteiger partial charge on any atom is -0.497 e. The van der Waals surface area contributed by atoms with Crippen LogP contribution in [-0.4, -0.2) is 34.6 Å². The van der Waals surface area contributed by atoms with Crippen molar-refractivity contribution in [1.29, 1.82) is 0 Å². The van der Waals surface area contributed by atoms with Crippen LogP contribution in [0.4, 0.5) is 5.82 Å². The highest BCUT2D eigenvalue weighted by Gasteiger charge is 2.46. The topological polar surface area (TPSA) is 150 Å². The summed E-state index contributed by atoms with van der Waals surface area (Å²) < 4.78 is 5.15. The van der Waals surface area contributed by atoms with Gasteiger partial charge in [-0.05, 0) is 24.6 Å². The molecule has 2 aromatic rings. The summed E-state index contributed by atoms with van der Waals surface area (Å²) in [6.45, 7) is 1.16. The van der Waals surface area contributed by atoms with E-state index >= 15 is 0 Å². The highest BCUT2D eigenvalue weighted by molar-refractivity contribution is 6.26. The number of aromatic nitrogens is 2. The molecule has 4 rings (SSSR count). The number of allylic oxidation sites excluding steroid dienone is 1. The van der Waals surface area contributed by atoms with Crippen molar-refractivity contribution in [2.24, 2.45) is 5.92 Å². The molecule has 0 saturated heterocycles. The Morgan fingerprint density at radius 3 is 2.31 bits per heavy atom. The second kappa shape index (κ2) is 6.59. The molecule has 0 spiro atoms. The Hall–Kier alpha value is -3.95. The molecule has 3 heterocycles. The van der Waals surface area contributed by atoms with E-state index in [9.17, 15) is 24.0 Å². The van der Waals surface area contributed by atoms with Crippen LogP contribution in [0.1, 0.15) is 24.0 Å². The van der Waals surface area contributed by atoms with Crippen molar-refractivity contribution in [3.8, 4) is 5.75 Å². The highest BCUT2D eigenvalue weighted by atomic mass is 16.5. The van der Waals surface area contributed by atoms with E-state index in [-0.39, 0.29) is 22.8 Å². The van der Waals surface area contributed by atoms with Gasteiger partial charge in [-0.3, -0.25) is 29.1 Å². The van der Waals surface area contributed by atoms with Crippen molar-refractivity contribution < 1.29 is 19.1 Å². The van der Waals surface area contributed by atoms with Crippen LogP contribution >= 0.6 is 0 Å². The number of anilines is 1. The fourth-order valence-electron chi connectivity index (χ4n) is 3.68. The summed E-state index contributed by atoms with van der Waals surface area (Å²) in [6, 6.07) is 6.65. The number of Topliss-reactive ketones (excluding diaryl/α,β-unsaturated/α-hetero) is 2. The van der Waals surface area contributed by atoms with Gasteiger partial charge in [-0.1, -0.05) is 12.1 Å². The molecule has 148 valence electrons. The van der Waals surface area contributed by atoms with E-state index in [0.29, 0.717) is 11.3 Å². The Morgan fingerprint density at radius 1 is 1.00 bits per heavy atom. The van der Waals surface area contributed by atoms with Crippen LogP contribution in [0.25, 0.3) is 0 Å². The van der Waals surface area contributed by atoms with Gasteiger partial charge in [0.05, 0.1) is 18.6 Å². The lowest BCUT2D eigenvalue weighted by Gasteiger charge is -2.34. The van der Waals surface area contributed by atoms with Gasteiger partial charge in [0.25, 0.3) is 5.56 Å². The Kier molecular flexibility index (Phi) is 4.18. The number of aromatic amines is 2.